The molecule has 4 nitrogen and oxygen atoms in total. The van der Waals surface area contributed by atoms with Crippen LogP contribution < -0.4 is 5.73 Å². The number of nitrogens with zero attached hydrogens (tertiary/aromatic N) is 1. The van der Waals surface area contributed by atoms with E-state index in [0.717, 1.165) is 4.31 Å². The molecule has 6 heteroatoms. The predicted octanol–water partition coefficient (Wildman–Crippen LogP) is 0.571. The fourth-order valence-corrected chi connectivity index (χ4v) is 2.10. The minimum Gasteiger partial charge on any atom is -0.389 e. The first kappa shape index (κ1) is 12.1. The second kappa shape index (κ2) is 4.26. The highest BCUT2D eigenvalue weighted by atomic mass is 32.2. The summed E-state index contributed by atoms with van der Waals surface area (Å²) < 4.78 is 24.6. The van der Waals surface area contributed by atoms with E-state index in [4.69, 9.17) is 18.0 Å². The van der Waals surface area contributed by atoms with Gasteiger partial charge >= 0.3 is 0 Å². The van der Waals surface area contributed by atoms with Gasteiger partial charge < -0.3 is 5.73 Å². The quantitative estimate of drug-likeness (QED) is 0.790. The number of nitrogens with two attached hydrogens (primary N) is 1. The molecule has 2 N–H and O–H groups in total. The number of hydrogen-bond donors (Lipinski definition) is 1. The third-order valence-corrected chi connectivity index (χ3v) is 3.94. The van der Waals surface area contributed by atoms with Crippen LogP contribution in [0.1, 0.15) is 5.56 Å². The topological polar surface area (TPSA) is 63.4 Å². The Morgan fingerprint density at radius 2 is 2.00 bits per heavy atom. The molecule has 0 saturated heterocycles. The van der Waals surface area contributed by atoms with Crippen LogP contribution in [0.5, 0.6) is 0 Å². The lowest BCUT2D eigenvalue weighted by molar-refractivity contribution is 0.521. The van der Waals surface area contributed by atoms with Crippen molar-refractivity contribution in [1.29, 1.82) is 0 Å². The van der Waals surface area contributed by atoms with E-state index in [1.807, 2.05) is 0 Å². The Kier molecular flexibility index (Phi) is 3.43. The second-order valence-corrected chi connectivity index (χ2v) is 5.77. The third-order valence-electron chi connectivity index (χ3n) is 1.90. The first-order chi connectivity index (χ1) is 6.85. The van der Waals surface area contributed by atoms with E-state index >= 15 is 0 Å². The maximum atomic E-state index is 11.7. The molecule has 1 rings (SSSR count). The van der Waals surface area contributed by atoms with Crippen LogP contribution >= 0.6 is 12.2 Å². The largest absolute Gasteiger partial charge is 0.389 e. The van der Waals surface area contributed by atoms with E-state index in [9.17, 15) is 8.42 Å². The van der Waals surface area contributed by atoms with Crippen molar-refractivity contribution < 1.29 is 8.42 Å². The van der Waals surface area contributed by atoms with Crippen LogP contribution in [0.4, 0.5) is 0 Å². The van der Waals surface area contributed by atoms with Gasteiger partial charge in [-0.2, -0.15) is 0 Å². The summed E-state index contributed by atoms with van der Waals surface area (Å²) >= 11 is 4.78. The van der Waals surface area contributed by atoms with Gasteiger partial charge in [-0.15, -0.1) is 0 Å². The molecule has 0 aliphatic heterocycles. The number of benzene rings is 1. The van der Waals surface area contributed by atoms with Gasteiger partial charge in [0.15, 0.2) is 0 Å². The molecule has 0 heterocycles. The Balaban J connectivity index is 3.29. The molecule has 0 aliphatic carbocycles. The van der Waals surface area contributed by atoms with Crippen molar-refractivity contribution in [2.75, 3.05) is 14.1 Å². The molecule has 0 atom stereocenters. The molecule has 0 spiro atoms. The summed E-state index contributed by atoms with van der Waals surface area (Å²) in [6, 6.07) is 6.27. The summed E-state index contributed by atoms with van der Waals surface area (Å²) in [6.07, 6.45) is 0. The van der Waals surface area contributed by atoms with Crippen molar-refractivity contribution in [3.05, 3.63) is 29.8 Å². The van der Waals surface area contributed by atoms with E-state index in [1.54, 1.807) is 12.1 Å². The molecular formula is C9H12N2O2S2. The number of rotatable bonds is 3. The SMILES string of the molecule is CN(C)S(=O)(=O)c1cccc(C(N)=S)c1. The summed E-state index contributed by atoms with van der Waals surface area (Å²) in [4.78, 5) is 0.378. The maximum Gasteiger partial charge on any atom is 0.242 e. The van der Waals surface area contributed by atoms with Crippen LogP contribution in [0.15, 0.2) is 29.2 Å². The zero-order chi connectivity index (χ0) is 11.6. The Labute approximate surface area is 94.7 Å². The Morgan fingerprint density at radius 1 is 1.40 bits per heavy atom. The lowest BCUT2D eigenvalue weighted by Crippen LogP contribution is -2.22. The highest BCUT2D eigenvalue weighted by molar-refractivity contribution is 7.89. The van der Waals surface area contributed by atoms with Gasteiger partial charge in [0.05, 0.1) is 4.90 Å². The first-order valence-electron chi connectivity index (χ1n) is 4.18. The molecule has 0 radical (unpaired) electrons. The van der Waals surface area contributed by atoms with Gasteiger partial charge in [0.2, 0.25) is 10.0 Å². The summed E-state index contributed by atoms with van der Waals surface area (Å²) in [5.41, 5.74) is 5.97. The summed E-state index contributed by atoms with van der Waals surface area (Å²) in [5, 5.41) is 0. The zero-order valence-corrected chi connectivity index (χ0v) is 10.1. The summed E-state index contributed by atoms with van der Waals surface area (Å²) in [6.45, 7) is 0. The van der Waals surface area contributed by atoms with Crippen molar-refractivity contribution in [2.45, 2.75) is 4.90 Å². The van der Waals surface area contributed by atoms with Gasteiger partial charge in [-0.3, -0.25) is 0 Å². The van der Waals surface area contributed by atoms with Crippen molar-refractivity contribution >= 4 is 27.2 Å². The molecule has 0 saturated carbocycles. The van der Waals surface area contributed by atoms with Gasteiger partial charge in [0.25, 0.3) is 0 Å². The Morgan fingerprint density at radius 3 is 2.47 bits per heavy atom. The smallest absolute Gasteiger partial charge is 0.242 e. The summed E-state index contributed by atoms with van der Waals surface area (Å²) in [5.74, 6) is 0. The molecule has 1 aromatic carbocycles. The normalized spacial score (nSPS) is 11.7. The Hall–Kier alpha value is -0.980. The fourth-order valence-electron chi connectivity index (χ4n) is 1.02. The van der Waals surface area contributed by atoms with Gasteiger partial charge in [0, 0.05) is 19.7 Å². The molecule has 0 aliphatic rings. The number of hydrogen-bond acceptors (Lipinski definition) is 3. The minimum absolute atomic E-state index is 0.186. The van der Waals surface area contributed by atoms with Gasteiger partial charge in [-0.05, 0) is 12.1 Å². The van der Waals surface area contributed by atoms with E-state index in [-0.39, 0.29) is 9.88 Å². The van der Waals surface area contributed by atoms with Crippen molar-refractivity contribution in [3.8, 4) is 0 Å². The predicted molar refractivity (Wildman–Crippen MR) is 63.2 cm³/mol. The first-order valence-corrected chi connectivity index (χ1v) is 6.03. The summed E-state index contributed by atoms with van der Waals surface area (Å²) in [7, 11) is -0.465. The standard InChI is InChI=1S/C9H12N2O2S2/c1-11(2)15(12,13)8-5-3-4-7(6-8)9(10)14/h3-6H,1-2H3,(H2,10,14). The average molecular weight is 244 g/mol. The van der Waals surface area contributed by atoms with Crippen LogP contribution in [-0.2, 0) is 10.0 Å². The third kappa shape index (κ3) is 2.53. The molecule has 1 aromatic rings. The second-order valence-electron chi connectivity index (χ2n) is 3.18. The van der Waals surface area contributed by atoms with Gasteiger partial charge in [-0.1, -0.05) is 24.4 Å². The lowest BCUT2D eigenvalue weighted by atomic mass is 10.2. The van der Waals surface area contributed by atoms with Gasteiger partial charge in [-0.25, -0.2) is 12.7 Å². The van der Waals surface area contributed by atoms with E-state index in [2.05, 4.69) is 0 Å². The van der Waals surface area contributed by atoms with Crippen LogP contribution in [-0.4, -0.2) is 31.8 Å². The molecule has 82 valence electrons. The number of thiocarbonyl (C=S) groups is 1. The van der Waals surface area contributed by atoms with E-state index < -0.39 is 10.0 Å². The molecule has 0 amide bonds. The molecule has 0 unspecified atom stereocenters. The van der Waals surface area contributed by atoms with Crippen molar-refractivity contribution in [3.63, 3.8) is 0 Å². The van der Waals surface area contributed by atoms with Crippen molar-refractivity contribution in [1.82, 2.24) is 4.31 Å². The lowest BCUT2D eigenvalue weighted by Gasteiger charge is -2.11. The van der Waals surface area contributed by atoms with Crippen LogP contribution in [0.25, 0.3) is 0 Å². The molecule has 15 heavy (non-hydrogen) atoms. The minimum atomic E-state index is -3.41. The highest BCUT2D eigenvalue weighted by Gasteiger charge is 2.17. The Bertz CT molecular complexity index is 481. The number of sulfonamides is 1. The monoisotopic (exact) mass is 244 g/mol. The molecule has 0 aromatic heterocycles. The van der Waals surface area contributed by atoms with E-state index in [0.29, 0.717) is 5.56 Å². The van der Waals surface area contributed by atoms with Crippen LogP contribution in [0, 0.1) is 0 Å². The van der Waals surface area contributed by atoms with Gasteiger partial charge in [0.1, 0.15) is 4.99 Å². The molecule has 0 bridgehead atoms. The zero-order valence-electron chi connectivity index (χ0n) is 8.47. The van der Waals surface area contributed by atoms with Crippen LogP contribution in [0.3, 0.4) is 0 Å². The van der Waals surface area contributed by atoms with E-state index in [1.165, 1.54) is 26.2 Å². The maximum absolute atomic E-state index is 11.7. The highest BCUT2D eigenvalue weighted by Crippen LogP contribution is 2.14. The fraction of sp³-hybridized carbons (Fsp3) is 0.222. The molecular weight excluding hydrogens is 232 g/mol. The average Bonchev–Trinajstić information content (AvgIpc) is 2.17. The van der Waals surface area contributed by atoms with Crippen LogP contribution in [0.2, 0.25) is 0 Å². The molecule has 0 fully saturated rings. The van der Waals surface area contributed by atoms with Crippen molar-refractivity contribution in [2.24, 2.45) is 5.73 Å².